The van der Waals surface area contributed by atoms with E-state index in [4.69, 9.17) is 11.6 Å². The summed E-state index contributed by atoms with van der Waals surface area (Å²) in [5.41, 5.74) is 0.823. The summed E-state index contributed by atoms with van der Waals surface area (Å²) in [6, 6.07) is 6.32. The molecule has 9 heteroatoms. The molecule has 0 aliphatic rings. The Labute approximate surface area is 173 Å². The van der Waals surface area contributed by atoms with Gasteiger partial charge in [-0.3, -0.25) is 9.36 Å². The van der Waals surface area contributed by atoms with Gasteiger partial charge in [-0.15, -0.1) is 0 Å². The van der Waals surface area contributed by atoms with E-state index in [0.717, 1.165) is 17.2 Å². The first-order valence-corrected chi connectivity index (χ1v) is 9.60. The number of rotatable bonds is 8. The Morgan fingerprint density at radius 3 is 2.76 bits per heavy atom. The van der Waals surface area contributed by atoms with Crippen molar-refractivity contribution in [1.82, 2.24) is 24.8 Å². The fourth-order valence-electron chi connectivity index (χ4n) is 2.82. The second-order valence-corrected chi connectivity index (χ2v) is 6.94. The zero-order valence-corrected chi connectivity index (χ0v) is 17.0. The molecule has 0 saturated heterocycles. The first-order valence-electron chi connectivity index (χ1n) is 9.23. The summed E-state index contributed by atoms with van der Waals surface area (Å²) in [5.74, 6) is 2.34. The third-order valence-corrected chi connectivity index (χ3v) is 4.56. The molecule has 2 aromatic heterocycles. The molecule has 0 fully saturated rings. The molecule has 0 saturated carbocycles. The van der Waals surface area contributed by atoms with Gasteiger partial charge in [0.15, 0.2) is 0 Å². The fourth-order valence-corrected chi connectivity index (χ4v) is 3.02. The summed E-state index contributed by atoms with van der Waals surface area (Å²) in [4.78, 5) is 25.0. The average Bonchev–Trinajstić information content (AvgIpc) is 3.12. The van der Waals surface area contributed by atoms with E-state index in [0.29, 0.717) is 37.6 Å². The molecule has 0 atom stereocenters. The summed E-state index contributed by atoms with van der Waals surface area (Å²) in [6.45, 7) is 4.70. The third-order valence-electron chi connectivity index (χ3n) is 4.28. The maximum Gasteiger partial charge on any atom is 0.220 e. The Bertz CT molecular complexity index is 1010. The molecule has 29 heavy (non-hydrogen) atoms. The number of amides is 1. The highest BCUT2D eigenvalue weighted by molar-refractivity contribution is 6.30. The van der Waals surface area contributed by atoms with E-state index in [1.807, 2.05) is 30.7 Å². The quantitative estimate of drug-likeness (QED) is 0.551. The molecule has 0 aliphatic heterocycles. The lowest BCUT2D eigenvalue weighted by molar-refractivity contribution is -0.120. The number of benzene rings is 1. The minimum absolute atomic E-state index is 0.0671. The highest BCUT2D eigenvalue weighted by Gasteiger charge is 2.07. The van der Waals surface area contributed by atoms with E-state index < -0.39 is 5.82 Å². The Balaban J connectivity index is 1.45. The number of hydrogen-bond acceptors (Lipinski definition) is 5. The number of anilines is 1. The molecular formula is C20H22ClFN6O. The lowest BCUT2D eigenvalue weighted by Crippen LogP contribution is -2.29. The number of nitrogens with one attached hydrogen (secondary N) is 2. The minimum Gasteiger partial charge on any atom is -0.368 e. The van der Waals surface area contributed by atoms with Crippen LogP contribution in [0.3, 0.4) is 0 Å². The van der Waals surface area contributed by atoms with Crippen molar-refractivity contribution >= 4 is 23.3 Å². The number of carbonyl (C=O) groups excluding carboxylic acids is 1. The number of hydrogen-bond donors (Lipinski definition) is 2. The lowest BCUT2D eigenvalue weighted by atomic mass is 10.1. The van der Waals surface area contributed by atoms with Crippen LogP contribution < -0.4 is 10.6 Å². The number of carbonyl (C=O) groups is 1. The second kappa shape index (κ2) is 9.47. The van der Waals surface area contributed by atoms with Crippen LogP contribution in [0.25, 0.3) is 5.82 Å². The van der Waals surface area contributed by atoms with E-state index in [1.165, 1.54) is 6.07 Å². The normalized spacial score (nSPS) is 10.8. The van der Waals surface area contributed by atoms with E-state index in [1.54, 1.807) is 18.3 Å². The zero-order chi connectivity index (χ0) is 20.8. The van der Waals surface area contributed by atoms with Crippen molar-refractivity contribution in [2.24, 2.45) is 0 Å². The number of aromatic nitrogens is 4. The Morgan fingerprint density at radius 2 is 2.03 bits per heavy atom. The molecule has 0 bridgehead atoms. The predicted molar refractivity (Wildman–Crippen MR) is 110 cm³/mol. The van der Waals surface area contributed by atoms with Crippen molar-refractivity contribution in [2.45, 2.75) is 26.7 Å². The molecule has 0 aliphatic carbocycles. The third kappa shape index (κ3) is 5.74. The van der Waals surface area contributed by atoms with Crippen molar-refractivity contribution in [3.05, 3.63) is 64.7 Å². The van der Waals surface area contributed by atoms with Gasteiger partial charge < -0.3 is 10.6 Å². The predicted octanol–water partition coefficient (Wildman–Crippen LogP) is 3.23. The van der Waals surface area contributed by atoms with E-state index >= 15 is 0 Å². The van der Waals surface area contributed by atoms with Gasteiger partial charge >= 0.3 is 0 Å². The van der Waals surface area contributed by atoms with Crippen LogP contribution in [0.1, 0.15) is 23.6 Å². The van der Waals surface area contributed by atoms with Gasteiger partial charge in [0.2, 0.25) is 5.91 Å². The molecule has 1 amide bonds. The number of imidazole rings is 1. The minimum atomic E-state index is -0.461. The van der Waals surface area contributed by atoms with Crippen LogP contribution in [0.2, 0.25) is 5.02 Å². The molecule has 7 nitrogen and oxygen atoms in total. The van der Waals surface area contributed by atoms with Crippen LogP contribution in [0, 0.1) is 19.7 Å². The van der Waals surface area contributed by atoms with Gasteiger partial charge in [0.1, 0.15) is 29.1 Å². The van der Waals surface area contributed by atoms with Gasteiger partial charge in [0.25, 0.3) is 0 Å². The topological polar surface area (TPSA) is 84.7 Å². The lowest BCUT2D eigenvalue weighted by Gasteiger charge is -2.11. The van der Waals surface area contributed by atoms with Crippen molar-refractivity contribution < 1.29 is 9.18 Å². The summed E-state index contributed by atoms with van der Waals surface area (Å²) >= 11 is 5.75. The first-order chi connectivity index (χ1) is 13.9. The fraction of sp³-hybridized carbons (Fsp3) is 0.300. The van der Waals surface area contributed by atoms with E-state index in [2.05, 4.69) is 25.6 Å². The number of aryl methyl sites for hydroxylation is 3. The van der Waals surface area contributed by atoms with Gasteiger partial charge in [-0.05, 0) is 38.0 Å². The van der Waals surface area contributed by atoms with Crippen molar-refractivity contribution in [1.29, 1.82) is 0 Å². The van der Waals surface area contributed by atoms with Gasteiger partial charge in [0, 0.05) is 38.0 Å². The van der Waals surface area contributed by atoms with Crippen molar-refractivity contribution in [3.8, 4) is 5.82 Å². The van der Waals surface area contributed by atoms with E-state index in [-0.39, 0.29) is 10.9 Å². The maximum absolute atomic E-state index is 13.2. The molecule has 2 heterocycles. The highest BCUT2D eigenvalue weighted by atomic mass is 35.5. The summed E-state index contributed by atoms with van der Waals surface area (Å²) in [7, 11) is 0. The molecule has 1 aromatic carbocycles. The molecular weight excluding hydrogens is 395 g/mol. The second-order valence-electron chi connectivity index (χ2n) is 6.53. The van der Waals surface area contributed by atoms with Crippen LogP contribution in [-0.2, 0) is 11.2 Å². The van der Waals surface area contributed by atoms with Crippen LogP contribution in [0.5, 0.6) is 0 Å². The van der Waals surface area contributed by atoms with Gasteiger partial charge in [0.05, 0.1) is 5.02 Å². The number of nitrogens with zero attached hydrogens (tertiary/aromatic N) is 4. The maximum atomic E-state index is 13.2. The van der Waals surface area contributed by atoms with Gasteiger partial charge in [-0.2, -0.15) is 0 Å². The molecule has 3 aromatic rings. The van der Waals surface area contributed by atoms with Gasteiger partial charge in [-0.1, -0.05) is 17.7 Å². The Hall–Kier alpha value is -3.00. The number of halogens is 2. The molecule has 0 spiro atoms. The van der Waals surface area contributed by atoms with Crippen molar-refractivity contribution in [3.63, 3.8) is 0 Å². The highest BCUT2D eigenvalue weighted by Crippen LogP contribution is 2.17. The summed E-state index contributed by atoms with van der Waals surface area (Å²) in [5, 5.41) is 6.11. The molecule has 0 radical (unpaired) electrons. The summed E-state index contributed by atoms with van der Waals surface area (Å²) in [6.07, 6.45) is 4.36. The summed E-state index contributed by atoms with van der Waals surface area (Å²) < 4.78 is 15.0. The smallest absolute Gasteiger partial charge is 0.220 e. The largest absolute Gasteiger partial charge is 0.368 e. The van der Waals surface area contributed by atoms with Crippen molar-refractivity contribution in [2.75, 3.05) is 18.4 Å². The SMILES string of the molecule is Cc1nc(NCCNC(=O)CCc2ccc(F)c(Cl)c2)cc(-n2ccnc2C)n1. The first kappa shape index (κ1) is 20.7. The van der Waals surface area contributed by atoms with E-state index in [9.17, 15) is 9.18 Å². The molecule has 152 valence electrons. The average molecular weight is 417 g/mol. The Kier molecular flexibility index (Phi) is 6.77. The molecule has 3 rings (SSSR count). The van der Waals surface area contributed by atoms with Crippen LogP contribution in [0.15, 0.2) is 36.7 Å². The zero-order valence-electron chi connectivity index (χ0n) is 16.2. The molecule has 2 N–H and O–H groups in total. The van der Waals surface area contributed by atoms with Crippen LogP contribution in [0.4, 0.5) is 10.2 Å². The Morgan fingerprint density at radius 1 is 1.21 bits per heavy atom. The van der Waals surface area contributed by atoms with Crippen LogP contribution in [-0.4, -0.2) is 38.5 Å². The standard InChI is InChI=1S/C20H22ClFN6O/c1-13-26-18(12-19(27-13)28-10-9-23-14(28)2)24-7-8-25-20(29)6-4-15-3-5-17(22)16(21)11-15/h3,5,9-12H,4,6-8H2,1-2H3,(H,25,29)(H,24,26,27). The monoisotopic (exact) mass is 416 g/mol. The van der Waals surface area contributed by atoms with Crippen LogP contribution >= 0.6 is 11.6 Å². The molecule has 0 unspecified atom stereocenters. The van der Waals surface area contributed by atoms with Gasteiger partial charge in [-0.25, -0.2) is 19.3 Å².